The fraction of sp³-hybridized carbons (Fsp3) is 0.875. The van der Waals surface area contributed by atoms with Crippen molar-refractivity contribution in [3.05, 3.63) is 0 Å². The highest BCUT2D eigenvalue weighted by molar-refractivity contribution is 5.78. The van der Waals surface area contributed by atoms with Gasteiger partial charge >= 0.3 is 6.09 Å². The third-order valence-electron chi connectivity index (χ3n) is 3.91. The molecule has 0 radical (unpaired) electrons. The third kappa shape index (κ3) is 7.11. The number of piperazine rings is 1. The summed E-state index contributed by atoms with van der Waals surface area (Å²) < 4.78 is 4.99. The van der Waals surface area contributed by atoms with Gasteiger partial charge in [0.25, 0.3) is 0 Å². The predicted octanol–water partition coefficient (Wildman–Crippen LogP) is 1.85. The summed E-state index contributed by atoms with van der Waals surface area (Å²) in [4.78, 5) is 27.4. The summed E-state index contributed by atoms with van der Waals surface area (Å²) in [6.07, 6.45) is 4.37. The van der Waals surface area contributed by atoms with E-state index < -0.39 is 0 Å². The second-order valence-electron chi connectivity index (χ2n) is 5.93. The molecule has 1 aliphatic heterocycles. The Morgan fingerprint density at radius 2 is 1.82 bits per heavy atom. The number of carbonyl (C=O) groups excluding carboxylic acids is 2. The van der Waals surface area contributed by atoms with E-state index in [-0.39, 0.29) is 18.0 Å². The molecule has 0 spiro atoms. The molecule has 0 aromatic carbocycles. The lowest BCUT2D eigenvalue weighted by Crippen LogP contribution is -2.51. The highest BCUT2D eigenvalue weighted by atomic mass is 16.6. The number of carbonyl (C=O) groups is 2. The second kappa shape index (κ2) is 10.4. The van der Waals surface area contributed by atoms with Gasteiger partial charge in [-0.25, -0.2) is 4.79 Å². The minimum atomic E-state index is -0.254. The molecule has 1 rings (SSSR count). The van der Waals surface area contributed by atoms with Crippen LogP contribution < -0.4 is 5.32 Å². The first-order valence-electron chi connectivity index (χ1n) is 8.50. The maximum Gasteiger partial charge on any atom is 0.409 e. The predicted molar refractivity (Wildman–Crippen MR) is 86.8 cm³/mol. The number of amides is 2. The molecule has 1 fully saturated rings. The van der Waals surface area contributed by atoms with Crippen molar-refractivity contribution in [2.45, 2.75) is 52.5 Å². The summed E-state index contributed by atoms with van der Waals surface area (Å²) in [5, 5.41) is 3.05. The number of hydrogen-bond donors (Lipinski definition) is 1. The Morgan fingerprint density at radius 3 is 2.41 bits per heavy atom. The smallest absolute Gasteiger partial charge is 0.409 e. The SMILES string of the molecule is CCCCCC(C)NC(=O)CN1CCN(C(=O)OCC)CC1. The van der Waals surface area contributed by atoms with Gasteiger partial charge < -0.3 is 15.0 Å². The van der Waals surface area contributed by atoms with E-state index in [9.17, 15) is 9.59 Å². The summed E-state index contributed by atoms with van der Waals surface area (Å²) in [7, 11) is 0. The largest absolute Gasteiger partial charge is 0.450 e. The van der Waals surface area contributed by atoms with Crippen LogP contribution in [0, 0.1) is 0 Å². The monoisotopic (exact) mass is 313 g/mol. The first kappa shape index (κ1) is 18.7. The summed E-state index contributed by atoms with van der Waals surface area (Å²) in [6, 6.07) is 0.236. The van der Waals surface area contributed by atoms with Gasteiger partial charge in [-0.2, -0.15) is 0 Å². The van der Waals surface area contributed by atoms with E-state index in [0.717, 1.165) is 25.9 Å². The van der Waals surface area contributed by atoms with Crippen molar-refractivity contribution in [3.63, 3.8) is 0 Å². The van der Waals surface area contributed by atoms with Crippen LogP contribution >= 0.6 is 0 Å². The van der Waals surface area contributed by atoms with Crippen LogP contribution in [0.15, 0.2) is 0 Å². The number of rotatable bonds is 8. The average molecular weight is 313 g/mol. The van der Waals surface area contributed by atoms with Gasteiger partial charge in [-0.05, 0) is 20.3 Å². The van der Waals surface area contributed by atoms with Gasteiger partial charge in [0, 0.05) is 32.2 Å². The van der Waals surface area contributed by atoms with Gasteiger partial charge in [-0.15, -0.1) is 0 Å². The molecule has 1 aliphatic rings. The zero-order chi connectivity index (χ0) is 16.4. The van der Waals surface area contributed by atoms with Crippen molar-refractivity contribution in [2.24, 2.45) is 0 Å². The highest BCUT2D eigenvalue weighted by Crippen LogP contribution is 2.05. The average Bonchev–Trinajstić information content (AvgIpc) is 2.48. The molecule has 0 aromatic rings. The van der Waals surface area contributed by atoms with Crippen LogP contribution in [-0.2, 0) is 9.53 Å². The van der Waals surface area contributed by atoms with Crippen molar-refractivity contribution in [1.82, 2.24) is 15.1 Å². The molecule has 128 valence electrons. The number of unbranched alkanes of at least 4 members (excludes halogenated alkanes) is 2. The van der Waals surface area contributed by atoms with E-state index in [1.165, 1.54) is 12.8 Å². The molecule has 0 aromatic heterocycles. The van der Waals surface area contributed by atoms with E-state index in [2.05, 4.69) is 24.1 Å². The molecule has 0 aliphatic carbocycles. The fourth-order valence-corrected chi connectivity index (χ4v) is 2.60. The first-order valence-corrected chi connectivity index (χ1v) is 8.50. The van der Waals surface area contributed by atoms with Crippen molar-refractivity contribution in [2.75, 3.05) is 39.3 Å². The molecule has 1 N–H and O–H groups in total. The minimum Gasteiger partial charge on any atom is -0.450 e. The lowest BCUT2D eigenvalue weighted by Gasteiger charge is -2.33. The zero-order valence-electron chi connectivity index (χ0n) is 14.3. The molecule has 22 heavy (non-hydrogen) atoms. The quantitative estimate of drug-likeness (QED) is 0.695. The summed E-state index contributed by atoms with van der Waals surface area (Å²) >= 11 is 0. The maximum absolute atomic E-state index is 12.0. The second-order valence-corrected chi connectivity index (χ2v) is 5.93. The van der Waals surface area contributed by atoms with Gasteiger partial charge in [0.15, 0.2) is 0 Å². The van der Waals surface area contributed by atoms with Crippen molar-refractivity contribution >= 4 is 12.0 Å². The highest BCUT2D eigenvalue weighted by Gasteiger charge is 2.23. The number of hydrogen-bond acceptors (Lipinski definition) is 4. The van der Waals surface area contributed by atoms with E-state index >= 15 is 0 Å². The molecule has 6 heteroatoms. The van der Waals surface area contributed by atoms with E-state index in [1.54, 1.807) is 11.8 Å². The summed E-state index contributed by atoms with van der Waals surface area (Å²) in [5.41, 5.74) is 0. The van der Waals surface area contributed by atoms with Crippen molar-refractivity contribution < 1.29 is 14.3 Å². The Hall–Kier alpha value is -1.30. The summed E-state index contributed by atoms with van der Waals surface area (Å²) in [5.74, 6) is 0.0774. The van der Waals surface area contributed by atoms with Crippen LogP contribution in [0.1, 0.15) is 46.5 Å². The number of nitrogens with one attached hydrogen (secondary N) is 1. The molecule has 1 heterocycles. The molecule has 2 amide bonds. The molecule has 0 bridgehead atoms. The minimum absolute atomic E-state index is 0.0774. The number of nitrogens with zero attached hydrogens (tertiary/aromatic N) is 2. The molecule has 1 unspecified atom stereocenters. The van der Waals surface area contributed by atoms with Crippen molar-refractivity contribution in [3.8, 4) is 0 Å². The van der Waals surface area contributed by atoms with Gasteiger partial charge in [0.05, 0.1) is 13.2 Å². The van der Waals surface area contributed by atoms with Crippen LogP contribution in [0.5, 0.6) is 0 Å². The Balaban J connectivity index is 2.20. The van der Waals surface area contributed by atoms with Crippen LogP contribution in [0.25, 0.3) is 0 Å². The summed E-state index contributed by atoms with van der Waals surface area (Å²) in [6.45, 7) is 9.54. The standard InChI is InChI=1S/C16H31N3O3/c1-4-6-7-8-14(3)17-15(20)13-18-9-11-19(12-10-18)16(21)22-5-2/h14H,4-13H2,1-3H3,(H,17,20). The Morgan fingerprint density at radius 1 is 1.14 bits per heavy atom. The Kier molecular flexibility index (Phi) is 8.89. The van der Waals surface area contributed by atoms with E-state index in [0.29, 0.717) is 26.2 Å². The fourth-order valence-electron chi connectivity index (χ4n) is 2.60. The van der Waals surface area contributed by atoms with Gasteiger partial charge in [-0.1, -0.05) is 26.2 Å². The lowest BCUT2D eigenvalue weighted by molar-refractivity contribution is -0.123. The molecule has 6 nitrogen and oxygen atoms in total. The Bertz CT molecular complexity index is 342. The maximum atomic E-state index is 12.0. The topological polar surface area (TPSA) is 61.9 Å². The van der Waals surface area contributed by atoms with Gasteiger partial charge in [0.1, 0.15) is 0 Å². The van der Waals surface area contributed by atoms with Crippen LogP contribution in [0.3, 0.4) is 0 Å². The Labute approximate surface area is 134 Å². The molecule has 0 saturated carbocycles. The molecular formula is C16H31N3O3. The zero-order valence-corrected chi connectivity index (χ0v) is 14.3. The van der Waals surface area contributed by atoms with E-state index in [1.807, 2.05) is 0 Å². The first-order chi connectivity index (χ1) is 10.6. The molecule has 1 atom stereocenters. The van der Waals surface area contributed by atoms with E-state index in [4.69, 9.17) is 4.74 Å². The van der Waals surface area contributed by atoms with Crippen LogP contribution in [0.4, 0.5) is 4.79 Å². The van der Waals surface area contributed by atoms with Crippen molar-refractivity contribution in [1.29, 1.82) is 0 Å². The van der Waals surface area contributed by atoms with Crippen LogP contribution in [-0.4, -0.2) is 67.2 Å². The third-order valence-corrected chi connectivity index (χ3v) is 3.91. The molecule has 1 saturated heterocycles. The lowest BCUT2D eigenvalue weighted by atomic mass is 10.1. The van der Waals surface area contributed by atoms with Crippen LogP contribution in [0.2, 0.25) is 0 Å². The molecular weight excluding hydrogens is 282 g/mol. The normalized spacial score (nSPS) is 17.1. The van der Waals surface area contributed by atoms with Gasteiger partial charge in [0.2, 0.25) is 5.91 Å². The number of ether oxygens (including phenoxy) is 1. The van der Waals surface area contributed by atoms with Gasteiger partial charge in [-0.3, -0.25) is 9.69 Å².